The summed E-state index contributed by atoms with van der Waals surface area (Å²) < 4.78 is 5.27. The van der Waals surface area contributed by atoms with Crippen molar-refractivity contribution in [1.29, 1.82) is 0 Å². The van der Waals surface area contributed by atoms with Gasteiger partial charge in [0.05, 0.1) is 12.1 Å². The summed E-state index contributed by atoms with van der Waals surface area (Å²) in [6.07, 6.45) is 2.25. The van der Waals surface area contributed by atoms with Gasteiger partial charge in [-0.25, -0.2) is 0 Å². The lowest BCUT2D eigenvalue weighted by atomic mass is 9.84. The van der Waals surface area contributed by atoms with Crippen molar-refractivity contribution in [3.8, 4) is 5.75 Å². The number of hydrogen-bond acceptors (Lipinski definition) is 4. The maximum atomic E-state index is 5.27. The van der Waals surface area contributed by atoms with Crippen molar-refractivity contribution in [2.75, 3.05) is 38.7 Å². The molecule has 152 valence electrons. The molecule has 0 spiro atoms. The van der Waals surface area contributed by atoms with Crippen molar-refractivity contribution >= 4 is 22.3 Å². The molecule has 0 aliphatic carbocycles. The van der Waals surface area contributed by atoms with Crippen LogP contribution < -0.4 is 20.3 Å². The van der Waals surface area contributed by atoms with Gasteiger partial charge in [-0.2, -0.15) is 0 Å². The first-order valence-corrected chi connectivity index (χ1v) is 10.8. The van der Waals surface area contributed by atoms with Gasteiger partial charge in [0.25, 0.3) is 0 Å². The molecule has 0 unspecified atom stereocenters. The second-order valence-electron chi connectivity index (χ2n) is 7.90. The molecule has 2 aromatic rings. The minimum absolute atomic E-state index is 0.00751. The summed E-state index contributed by atoms with van der Waals surface area (Å²) in [5.41, 5.74) is 1.27. The smallest absolute Gasteiger partial charge is 0.191 e. The third-order valence-electron chi connectivity index (χ3n) is 5.45. The zero-order valence-electron chi connectivity index (χ0n) is 17.4. The summed E-state index contributed by atoms with van der Waals surface area (Å²) in [5.74, 6) is 1.77. The zero-order valence-corrected chi connectivity index (χ0v) is 18.2. The van der Waals surface area contributed by atoms with E-state index in [1.54, 1.807) is 7.11 Å². The number of piperidine rings is 1. The molecular formula is C22H32N4OS. The third-order valence-corrected chi connectivity index (χ3v) is 6.38. The Labute approximate surface area is 172 Å². The van der Waals surface area contributed by atoms with Gasteiger partial charge in [-0.3, -0.25) is 4.99 Å². The van der Waals surface area contributed by atoms with Crippen LogP contribution >= 0.6 is 11.3 Å². The monoisotopic (exact) mass is 400 g/mol. The maximum Gasteiger partial charge on any atom is 0.191 e. The predicted octanol–water partition coefficient (Wildman–Crippen LogP) is 3.87. The van der Waals surface area contributed by atoms with Gasteiger partial charge in [-0.1, -0.05) is 26.0 Å². The summed E-state index contributed by atoms with van der Waals surface area (Å²) in [7, 11) is 3.54. The fourth-order valence-corrected chi connectivity index (χ4v) is 4.32. The highest BCUT2D eigenvalue weighted by molar-refractivity contribution is 7.14. The molecule has 0 radical (unpaired) electrons. The number of aliphatic imine (C=N–C) groups is 1. The van der Waals surface area contributed by atoms with E-state index in [1.165, 1.54) is 10.6 Å². The second-order valence-corrected chi connectivity index (χ2v) is 8.82. The third kappa shape index (κ3) is 5.19. The van der Waals surface area contributed by atoms with Crippen molar-refractivity contribution in [1.82, 2.24) is 10.6 Å². The standard InChI is InChI=1S/C22H32N4OS/c1-22(2,17-7-9-19(27-4)10-8-17)16-24-21(23-3)25-18-11-13-26(14-12-18)20-6-5-15-28-20/h5-10,15,18H,11-14,16H2,1-4H3,(H2,23,24,25). The first-order valence-electron chi connectivity index (χ1n) is 9.92. The molecule has 1 saturated heterocycles. The fraction of sp³-hybridized carbons (Fsp3) is 0.500. The Morgan fingerprint density at radius 1 is 1.21 bits per heavy atom. The number of nitrogens with zero attached hydrogens (tertiary/aromatic N) is 2. The largest absolute Gasteiger partial charge is 0.497 e. The highest BCUT2D eigenvalue weighted by atomic mass is 32.1. The Morgan fingerprint density at radius 3 is 2.50 bits per heavy atom. The fourth-order valence-electron chi connectivity index (χ4n) is 3.53. The van der Waals surface area contributed by atoms with Gasteiger partial charge in [-0.15, -0.1) is 11.3 Å². The maximum absolute atomic E-state index is 5.27. The van der Waals surface area contributed by atoms with E-state index in [0.717, 1.165) is 44.2 Å². The minimum Gasteiger partial charge on any atom is -0.497 e. The van der Waals surface area contributed by atoms with Crippen LogP contribution in [-0.2, 0) is 5.41 Å². The molecule has 6 heteroatoms. The van der Waals surface area contributed by atoms with Crippen LogP contribution in [0.2, 0.25) is 0 Å². The summed E-state index contributed by atoms with van der Waals surface area (Å²) in [6.45, 7) is 7.48. The number of nitrogens with one attached hydrogen (secondary N) is 2. The van der Waals surface area contributed by atoms with Crippen LogP contribution in [0.3, 0.4) is 0 Å². The Hall–Kier alpha value is -2.21. The molecule has 0 saturated carbocycles. The molecule has 1 aromatic heterocycles. The molecule has 0 amide bonds. The molecular weight excluding hydrogens is 368 g/mol. The number of guanidine groups is 1. The summed E-state index contributed by atoms with van der Waals surface area (Å²) in [4.78, 5) is 6.92. The van der Waals surface area contributed by atoms with Gasteiger partial charge < -0.3 is 20.3 Å². The molecule has 2 N–H and O–H groups in total. The molecule has 3 rings (SSSR count). The van der Waals surface area contributed by atoms with Crippen LogP contribution in [-0.4, -0.2) is 45.8 Å². The Balaban J connectivity index is 1.49. The number of ether oxygens (including phenoxy) is 1. The van der Waals surface area contributed by atoms with Crippen LogP contribution in [0.25, 0.3) is 0 Å². The molecule has 1 aliphatic rings. The van der Waals surface area contributed by atoms with Crippen LogP contribution in [0.5, 0.6) is 5.75 Å². The van der Waals surface area contributed by atoms with Crippen LogP contribution in [0.4, 0.5) is 5.00 Å². The predicted molar refractivity (Wildman–Crippen MR) is 120 cm³/mol. The molecule has 0 bridgehead atoms. The SMILES string of the molecule is CN=C(NCC(C)(C)c1ccc(OC)cc1)NC1CCN(c2cccs2)CC1. The highest BCUT2D eigenvalue weighted by Gasteiger charge is 2.23. The van der Waals surface area contributed by atoms with Gasteiger partial charge in [0.2, 0.25) is 0 Å². The molecule has 1 aliphatic heterocycles. The highest BCUT2D eigenvalue weighted by Crippen LogP contribution is 2.26. The summed E-state index contributed by atoms with van der Waals surface area (Å²) in [5, 5.41) is 10.7. The lowest BCUT2D eigenvalue weighted by Gasteiger charge is -2.34. The van der Waals surface area contributed by atoms with Crippen LogP contribution in [0.15, 0.2) is 46.8 Å². The number of methoxy groups -OCH3 is 1. The first kappa shape index (κ1) is 20.5. The Bertz CT molecular complexity index is 747. The van der Waals surface area contributed by atoms with E-state index in [0.29, 0.717) is 6.04 Å². The van der Waals surface area contributed by atoms with Gasteiger partial charge in [0.1, 0.15) is 5.75 Å². The van der Waals surface area contributed by atoms with E-state index < -0.39 is 0 Å². The molecule has 1 fully saturated rings. The van der Waals surface area contributed by atoms with E-state index >= 15 is 0 Å². The number of rotatable bonds is 6. The first-order chi connectivity index (χ1) is 13.5. The lowest BCUT2D eigenvalue weighted by Crippen LogP contribution is -2.50. The number of benzene rings is 1. The quantitative estimate of drug-likeness (QED) is 0.571. The van der Waals surface area contributed by atoms with E-state index in [2.05, 4.69) is 64.0 Å². The van der Waals surface area contributed by atoms with Gasteiger partial charge >= 0.3 is 0 Å². The van der Waals surface area contributed by atoms with Crippen LogP contribution in [0.1, 0.15) is 32.3 Å². The van der Waals surface area contributed by atoms with E-state index in [4.69, 9.17) is 4.74 Å². The lowest BCUT2D eigenvalue weighted by molar-refractivity contribution is 0.413. The number of thiophene rings is 1. The van der Waals surface area contributed by atoms with E-state index in [-0.39, 0.29) is 5.41 Å². The van der Waals surface area contributed by atoms with Crippen molar-refractivity contribution < 1.29 is 4.74 Å². The van der Waals surface area contributed by atoms with Crippen molar-refractivity contribution in [3.05, 3.63) is 47.3 Å². The van der Waals surface area contributed by atoms with E-state index in [9.17, 15) is 0 Å². The summed E-state index contributed by atoms with van der Waals surface area (Å²) in [6, 6.07) is 13.1. The second kappa shape index (κ2) is 9.32. The molecule has 28 heavy (non-hydrogen) atoms. The number of anilines is 1. The molecule has 5 nitrogen and oxygen atoms in total. The molecule has 0 atom stereocenters. The van der Waals surface area contributed by atoms with Gasteiger partial charge in [-0.05, 0) is 48.1 Å². The topological polar surface area (TPSA) is 48.9 Å². The van der Waals surface area contributed by atoms with Gasteiger partial charge in [0, 0.05) is 38.1 Å². The van der Waals surface area contributed by atoms with Crippen molar-refractivity contribution in [2.45, 2.75) is 38.1 Å². The van der Waals surface area contributed by atoms with Crippen molar-refractivity contribution in [2.24, 2.45) is 4.99 Å². The minimum atomic E-state index is -0.00751. The van der Waals surface area contributed by atoms with Crippen molar-refractivity contribution in [3.63, 3.8) is 0 Å². The van der Waals surface area contributed by atoms with E-state index in [1.807, 2.05) is 30.5 Å². The molecule has 2 heterocycles. The number of hydrogen-bond donors (Lipinski definition) is 2. The average Bonchev–Trinajstić information content (AvgIpc) is 3.26. The Kier molecular flexibility index (Phi) is 6.83. The average molecular weight is 401 g/mol. The van der Waals surface area contributed by atoms with Crippen LogP contribution in [0, 0.1) is 0 Å². The summed E-state index contributed by atoms with van der Waals surface area (Å²) >= 11 is 1.82. The normalized spacial score (nSPS) is 16.1. The zero-order chi connectivity index (χ0) is 20.0. The molecule has 1 aromatic carbocycles. The van der Waals surface area contributed by atoms with Gasteiger partial charge in [0.15, 0.2) is 5.96 Å². The Morgan fingerprint density at radius 2 is 1.93 bits per heavy atom.